The van der Waals surface area contributed by atoms with Crippen LogP contribution in [0.15, 0.2) is 78.9 Å². The Hall–Kier alpha value is -13.4. The first-order chi connectivity index (χ1) is 52.7. The van der Waals surface area contributed by atoms with Gasteiger partial charge >= 0.3 is 35.9 Å². The van der Waals surface area contributed by atoms with E-state index in [1.807, 2.05) is 21.3 Å². The summed E-state index contributed by atoms with van der Waals surface area (Å²) in [7, 11) is 0. The highest BCUT2D eigenvalue weighted by Gasteiger charge is 2.41. The van der Waals surface area contributed by atoms with Gasteiger partial charge in [-0.15, -0.1) is 0 Å². The first-order valence-corrected chi connectivity index (χ1v) is 34.2. The lowest BCUT2D eigenvalue weighted by molar-refractivity contribution is -0.156. The van der Waals surface area contributed by atoms with Gasteiger partial charge < -0.3 is 126 Å². The van der Waals surface area contributed by atoms with E-state index in [0.29, 0.717) is 11.1 Å². The van der Waals surface area contributed by atoms with Crippen LogP contribution in [0.1, 0.15) is 93.6 Å². The minimum absolute atomic E-state index is 0.143. The van der Waals surface area contributed by atoms with Crippen molar-refractivity contribution < 1.29 is 136 Å². The van der Waals surface area contributed by atoms with E-state index in [1.165, 1.54) is 48.5 Å². The molecular weight excluding hydrogens is 1490 g/mol. The number of carboxylic acids is 4. The zero-order valence-corrected chi connectivity index (χ0v) is 60.3. The largest absolute Gasteiger partial charge is 0.508 e. The van der Waals surface area contributed by atoms with Crippen molar-refractivity contribution in [1.29, 1.82) is 0 Å². The van der Waals surface area contributed by atoms with Gasteiger partial charge in [-0.1, -0.05) is 61.5 Å². The summed E-state index contributed by atoms with van der Waals surface area (Å²) in [4.78, 5) is 271. The summed E-state index contributed by atoms with van der Waals surface area (Å²) in [6.45, 7) is -1.46. The number of nitrogen functional groups attached to an aromatic ring is 1. The Kier molecular flexibility index (Phi) is 36.4. The number of primary amides is 1. The van der Waals surface area contributed by atoms with Crippen LogP contribution in [0.4, 0.5) is 10.5 Å². The summed E-state index contributed by atoms with van der Waals surface area (Å²) in [5.41, 5.74) is 18.0. The second-order valence-corrected chi connectivity index (χ2v) is 25.4. The van der Waals surface area contributed by atoms with E-state index < -0.39 is 262 Å². The number of hydrogen-bond acceptors (Lipinski definition) is 26. The molecule has 0 unspecified atom stereocenters. The van der Waals surface area contributed by atoms with Gasteiger partial charge in [0.1, 0.15) is 78.9 Å². The number of aliphatic carboxylic acids is 4. The van der Waals surface area contributed by atoms with Crippen molar-refractivity contribution in [3.63, 3.8) is 0 Å². The van der Waals surface area contributed by atoms with Crippen LogP contribution >= 0.6 is 0 Å². The van der Waals surface area contributed by atoms with E-state index in [9.17, 15) is 127 Å². The third-order valence-corrected chi connectivity index (χ3v) is 16.3. The van der Waals surface area contributed by atoms with E-state index in [-0.39, 0.29) is 43.0 Å². The molecule has 13 atom stereocenters. The minimum atomic E-state index is -2.48. The third kappa shape index (κ3) is 31.4. The topological polar surface area (TPSA) is 716 Å². The molecular formula is C68H88N16O28. The number of anilines is 1. The number of carbonyl (C=O) groups excluding carboxylic acids is 16. The number of phenols is 1. The van der Waals surface area contributed by atoms with E-state index >= 15 is 0 Å². The SMILES string of the molecule is C[C@H](CC(=O)O)[C@@H]1NC(=O)[C@@H](CO)NC(=O)CNC(=O)[C@H](CC(=O)O)NC(=O)[C@@H](C)NC(=O)[C@H](CC(=O)O)NC(=O)[C@H](CCCNC(=O)OCc2ccccc2)NC(=O)CNC(=O)[C@@H](NC(=O)[C@H](CC(=O)O)NC(=O)[C@@H](CC(N)=O)NC(=O)[C@@H](N)Cc2ccc(O)cc2)[C@@H](C)OC(=O)[C@H](CC(=O)c2ccccc2N)NC1=O. The number of amides is 14. The van der Waals surface area contributed by atoms with Crippen molar-refractivity contribution in [2.24, 2.45) is 17.4 Å². The molecule has 112 heavy (non-hydrogen) atoms. The monoisotopic (exact) mass is 1580 g/mol. The van der Waals surface area contributed by atoms with Gasteiger partial charge in [-0.3, -0.25) is 86.3 Å². The Labute approximate surface area is 635 Å². The van der Waals surface area contributed by atoms with Gasteiger partial charge in [0.2, 0.25) is 76.8 Å². The second-order valence-electron chi connectivity index (χ2n) is 25.4. The van der Waals surface area contributed by atoms with Gasteiger partial charge in [-0.25, -0.2) is 9.59 Å². The highest BCUT2D eigenvalue weighted by molar-refractivity contribution is 6.05. The van der Waals surface area contributed by atoms with Crippen molar-refractivity contribution >= 4 is 124 Å². The molecule has 0 aromatic heterocycles. The van der Waals surface area contributed by atoms with Crippen molar-refractivity contribution in [3.05, 3.63) is 95.6 Å². The fourth-order valence-electron chi connectivity index (χ4n) is 10.4. The number of ether oxygens (including phenoxy) is 2. The number of Topliss-reactive ketones (excluding diaryl/α,β-unsaturated/α-hetero) is 1. The molecule has 0 spiro atoms. The molecule has 0 saturated carbocycles. The number of aliphatic hydroxyl groups excluding tert-OH is 1. The average Bonchev–Trinajstić information content (AvgIpc) is 0.931. The average molecular weight is 1580 g/mol. The first-order valence-electron chi connectivity index (χ1n) is 34.2. The molecule has 14 amide bonds. The van der Waals surface area contributed by atoms with Gasteiger partial charge in [0.05, 0.1) is 57.8 Å². The number of carboxylic acid groups (broad SMARTS) is 4. The number of benzene rings is 3. The normalized spacial score (nSPS) is 21.3. The van der Waals surface area contributed by atoms with Crippen LogP contribution in [0.2, 0.25) is 0 Å². The summed E-state index contributed by atoms with van der Waals surface area (Å²) in [5, 5.41) is 86.9. The number of aromatic hydroxyl groups is 1. The summed E-state index contributed by atoms with van der Waals surface area (Å²) in [5.74, 6) is -29.9. The number of nitrogens with two attached hydrogens (primary N) is 3. The quantitative estimate of drug-likeness (QED) is 0.0133. The zero-order chi connectivity index (χ0) is 83.6. The Morgan fingerprint density at radius 3 is 1.69 bits per heavy atom. The third-order valence-electron chi connectivity index (χ3n) is 16.3. The van der Waals surface area contributed by atoms with E-state index in [0.717, 1.165) is 20.8 Å². The van der Waals surface area contributed by atoms with Crippen molar-refractivity contribution in [2.75, 3.05) is 32.0 Å². The summed E-state index contributed by atoms with van der Waals surface area (Å²) < 4.78 is 10.8. The van der Waals surface area contributed by atoms with Crippen molar-refractivity contribution in [3.8, 4) is 5.75 Å². The molecule has 4 rings (SSSR count). The molecule has 0 bridgehead atoms. The molecule has 3 aromatic rings. The van der Waals surface area contributed by atoms with Crippen LogP contribution in [0.25, 0.3) is 0 Å². The fraction of sp³-hybridized carbons (Fsp3) is 0.441. The molecule has 25 N–H and O–H groups in total. The smallest absolute Gasteiger partial charge is 0.407 e. The number of alkyl carbamates (subject to hydrolysis) is 1. The fourth-order valence-corrected chi connectivity index (χ4v) is 10.4. The lowest BCUT2D eigenvalue weighted by atomic mass is 9.96. The van der Waals surface area contributed by atoms with Crippen LogP contribution in [-0.2, 0) is 109 Å². The van der Waals surface area contributed by atoms with Crippen LogP contribution in [-0.4, -0.2) is 248 Å². The summed E-state index contributed by atoms with van der Waals surface area (Å²) in [6, 6.07) is -4.18. The molecule has 1 saturated heterocycles. The van der Waals surface area contributed by atoms with Gasteiger partial charge in [0, 0.05) is 24.2 Å². The van der Waals surface area contributed by atoms with Gasteiger partial charge in [0.25, 0.3) is 0 Å². The number of ketones is 1. The van der Waals surface area contributed by atoms with Crippen LogP contribution in [0, 0.1) is 5.92 Å². The molecule has 44 heteroatoms. The molecule has 0 radical (unpaired) electrons. The Morgan fingerprint density at radius 1 is 0.562 bits per heavy atom. The zero-order valence-electron chi connectivity index (χ0n) is 60.3. The molecule has 1 aliphatic heterocycles. The minimum Gasteiger partial charge on any atom is -0.508 e. The molecule has 44 nitrogen and oxygen atoms in total. The standard InChI is InChI=1S/C68H88N16O28/c1-31(20-51(91)92)55-66(108)82-45(22-47(87)37-12-7-8-13-38(37)69)67(109)112-33(3)56(84-63(105)44(26-54(97)98)81-62(104)41(23-48(71)88)79-58(100)39(70)21-34-15-17-36(86)18-16-34)65(107)74-28-49(89)76-40(14-9-19-72-68(110)111-30-35-10-5-4-6-11-35)60(102)80-43(25-53(95)96)61(103)75-32(2)57(99)78-42(24-52(93)94)59(101)73-27-50(90)77-46(29-85)64(106)83-55/h4-8,10-13,15-18,31-33,39-46,55-56,85-86H,9,14,19-30,69-70H2,1-3H3,(H2,71,88)(H,72,110)(H,73,101)(H,74,107)(H,75,103)(H,76,89)(H,77,90)(H,78,99)(H,79,100)(H,80,102)(H,81,104)(H,82,108)(H,83,106)(H,84,105)(H,91,92)(H,93,94)(H,95,96)(H,97,98)/t31-,32-,33-,39+,40+,41-,42+,43+,44+,45+,46-,55+,56+/m1/s1. The number of rotatable bonds is 29. The van der Waals surface area contributed by atoms with Gasteiger partial charge in [0.15, 0.2) is 5.78 Å². The summed E-state index contributed by atoms with van der Waals surface area (Å²) >= 11 is 0. The predicted molar refractivity (Wildman–Crippen MR) is 379 cm³/mol. The number of aliphatic hydroxyl groups is 1. The van der Waals surface area contributed by atoms with Gasteiger partial charge in [-0.05, 0) is 74.4 Å². The molecule has 1 aliphatic rings. The molecule has 608 valence electrons. The first kappa shape index (κ1) is 91.0. The van der Waals surface area contributed by atoms with Crippen LogP contribution in [0.5, 0.6) is 5.75 Å². The number of nitrogens with one attached hydrogen (secondary N) is 13. The van der Waals surface area contributed by atoms with Crippen molar-refractivity contribution in [1.82, 2.24) is 69.1 Å². The highest BCUT2D eigenvalue weighted by Crippen LogP contribution is 2.19. The highest BCUT2D eigenvalue weighted by atomic mass is 16.6. The predicted octanol–water partition coefficient (Wildman–Crippen LogP) is -7.73. The maximum Gasteiger partial charge on any atom is 0.407 e. The molecule has 1 heterocycles. The number of para-hydroxylation sites is 1. The number of cyclic esters (lactones) is 1. The number of phenolic OH excluding ortho intramolecular Hbond substituents is 1. The number of carbonyl (C=O) groups is 20. The Bertz CT molecular complexity index is 3980. The summed E-state index contributed by atoms with van der Waals surface area (Å²) in [6.07, 6.45) is -11.3. The lowest BCUT2D eigenvalue weighted by Crippen LogP contribution is -2.61. The number of hydrogen-bond donors (Lipinski definition) is 22. The molecule has 1 fully saturated rings. The molecule has 0 aliphatic carbocycles. The lowest BCUT2D eigenvalue weighted by Gasteiger charge is -2.30. The van der Waals surface area contributed by atoms with Crippen LogP contribution in [0.3, 0.4) is 0 Å². The maximum absolute atomic E-state index is 14.8. The van der Waals surface area contributed by atoms with E-state index in [2.05, 4.69) is 47.9 Å². The van der Waals surface area contributed by atoms with Crippen molar-refractivity contribution in [2.45, 2.75) is 158 Å². The van der Waals surface area contributed by atoms with Crippen LogP contribution < -0.4 is 86.3 Å². The van der Waals surface area contributed by atoms with E-state index in [4.69, 9.17) is 26.7 Å². The molecule has 3 aromatic carbocycles. The van der Waals surface area contributed by atoms with E-state index in [1.54, 1.807) is 30.3 Å². The Balaban J connectivity index is 1.90. The Morgan fingerprint density at radius 2 is 1.10 bits per heavy atom. The maximum atomic E-state index is 14.8. The second kappa shape index (κ2) is 44.8. The van der Waals surface area contributed by atoms with Gasteiger partial charge in [-0.2, -0.15) is 0 Å². The number of esters is 1.